The van der Waals surface area contributed by atoms with Crippen molar-refractivity contribution in [3.05, 3.63) is 46.2 Å². The van der Waals surface area contributed by atoms with Crippen LogP contribution in [0.25, 0.3) is 0 Å². The Balaban J connectivity index is 1.57. The predicted molar refractivity (Wildman–Crippen MR) is 85.7 cm³/mol. The second-order valence-electron chi connectivity index (χ2n) is 5.46. The second-order valence-corrected chi connectivity index (χ2v) is 5.86. The number of hydrogen-bond donors (Lipinski definition) is 1. The van der Waals surface area contributed by atoms with E-state index in [2.05, 4.69) is 5.10 Å². The van der Waals surface area contributed by atoms with Gasteiger partial charge < -0.3 is 14.4 Å². The zero-order valence-electron chi connectivity index (χ0n) is 12.7. The van der Waals surface area contributed by atoms with Gasteiger partial charge in [0.15, 0.2) is 0 Å². The van der Waals surface area contributed by atoms with Crippen molar-refractivity contribution in [1.29, 1.82) is 0 Å². The van der Waals surface area contributed by atoms with Crippen molar-refractivity contribution in [2.24, 2.45) is 7.05 Å². The first kappa shape index (κ1) is 16.0. The summed E-state index contributed by atoms with van der Waals surface area (Å²) in [5.74, 6) is -0.497. The molecule has 0 spiro atoms. The molecule has 0 fully saturated rings. The highest BCUT2D eigenvalue weighted by atomic mass is 35.5. The van der Waals surface area contributed by atoms with E-state index in [1.165, 1.54) is 0 Å². The Morgan fingerprint density at radius 1 is 1.57 bits per heavy atom. The van der Waals surface area contributed by atoms with Crippen LogP contribution in [0.1, 0.15) is 27.9 Å². The van der Waals surface area contributed by atoms with Crippen molar-refractivity contribution >= 4 is 30.2 Å². The van der Waals surface area contributed by atoms with E-state index >= 15 is 0 Å². The molecule has 1 aliphatic rings. The number of hydrogen-bond acceptors (Lipinski definition) is 5. The van der Waals surface area contributed by atoms with Crippen LogP contribution in [0.15, 0.2) is 24.5 Å². The molecule has 8 heteroatoms. The van der Waals surface area contributed by atoms with E-state index in [4.69, 9.17) is 21.0 Å². The van der Waals surface area contributed by atoms with Crippen molar-refractivity contribution in [3.8, 4) is 0 Å². The van der Waals surface area contributed by atoms with E-state index in [1.807, 2.05) is 13.2 Å². The molecule has 0 aliphatic carbocycles. The maximum absolute atomic E-state index is 12.1. The quantitative estimate of drug-likeness (QED) is 0.503. The molecule has 1 aromatic heterocycles. The number of aryl methyl sites for hydroxylation is 2. The Morgan fingerprint density at radius 3 is 3.13 bits per heavy atom. The van der Waals surface area contributed by atoms with Crippen molar-refractivity contribution in [2.45, 2.75) is 19.4 Å². The van der Waals surface area contributed by atoms with Gasteiger partial charge in [-0.25, -0.2) is 4.79 Å². The minimum absolute atomic E-state index is 0.247. The van der Waals surface area contributed by atoms with Gasteiger partial charge in [-0.2, -0.15) is 5.10 Å². The number of ether oxygens (including phenoxy) is 1. The number of benzene rings is 1. The summed E-state index contributed by atoms with van der Waals surface area (Å²) in [7, 11) is 0.844. The van der Waals surface area contributed by atoms with Gasteiger partial charge in [-0.15, -0.1) is 0 Å². The molecule has 120 valence electrons. The van der Waals surface area contributed by atoms with Crippen molar-refractivity contribution in [3.63, 3.8) is 0 Å². The van der Waals surface area contributed by atoms with Crippen LogP contribution in [0.2, 0.25) is 5.02 Å². The molecule has 1 aliphatic heterocycles. The predicted octanol–water partition coefficient (Wildman–Crippen LogP) is 1.08. The van der Waals surface area contributed by atoms with Crippen LogP contribution in [-0.2, 0) is 29.5 Å². The van der Waals surface area contributed by atoms with E-state index in [9.17, 15) is 9.82 Å². The molecule has 0 saturated carbocycles. The summed E-state index contributed by atoms with van der Waals surface area (Å²) in [5.41, 5.74) is 2.70. The van der Waals surface area contributed by atoms with Crippen molar-refractivity contribution in [1.82, 2.24) is 9.78 Å². The molecular formula is C15H16BClN2O4. The molecule has 3 rings (SSSR count). The number of aromatic nitrogens is 2. The Bertz CT molecular complexity index is 734. The fourth-order valence-corrected chi connectivity index (χ4v) is 2.78. The minimum Gasteiger partial charge on any atom is -0.462 e. The van der Waals surface area contributed by atoms with Crippen LogP contribution < -0.4 is 5.46 Å². The largest absolute Gasteiger partial charge is 0.491 e. The maximum Gasteiger partial charge on any atom is 0.491 e. The first-order chi connectivity index (χ1) is 11.0. The molecule has 0 unspecified atom stereocenters. The maximum atomic E-state index is 12.1. The fraction of sp³-hybridized carbons (Fsp3) is 0.333. The summed E-state index contributed by atoms with van der Waals surface area (Å²) < 4.78 is 12.1. The zero-order valence-corrected chi connectivity index (χ0v) is 13.4. The average Bonchev–Trinajstić information content (AvgIpc) is 3.09. The smallest absolute Gasteiger partial charge is 0.462 e. The molecular weight excluding hydrogens is 318 g/mol. The number of carbonyl (C=O) groups excluding carboxylic acids is 1. The van der Waals surface area contributed by atoms with Crippen LogP contribution in [0.3, 0.4) is 0 Å². The van der Waals surface area contributed by atoms with Crippen LogP contribution >= 0.6 is 11.6 Å². The number of carbonyl (C=O) groups is 1. The first-order valence-electron chi connectivity index (χ1n) is 7.31. The van der Waals surface area contributed by atoms with Gasteiger partial charge in [0, 0.05) is 13.2 Å². The lowest BCUT2D eigenvalue weighted by Gasteiger charge is -2.08. The number of esters is 1. The number of rotatable bonds is 5. The number of nitrogens with zero attached hydrogens (tertiary/aromatic N) is 2. The molecule has 6 nitrogen and oxygen atoms in total. The van der Waals surface area contributed by atoms with Gasteiger partial charge >= 0.3 is 13.1 Å². The molecule has 1 aromatic carbocycles. The molecule has 0 bridgehead atoms. The van der Waals surface area contributed by atoms with Gasteiger partial charge in [-0.3, -0.25) is 4.68 Å². The summed E-state index contributed by atoms with van der Waals surface area (Å²) in [6.07, 6.45) is 5.21. The molecule has 2 aromatic rings. The van der Waals surface area contributed by atoms with Crippen LogP contribution in [0.5, 0.6) is 0 Å². The highest BCUT2D eigenvalue weighted by Gasteiger charge is 2.29. The molecule has 0 atom stereocenters. The topological polar surface area (TPSA) is 73.6 Å². The monoisotopic (exact) mass is 334 g/mol. The molecule has 2 heterocycles. The van der Waals surface area contributed by atoms with E-state index in [1.54, 1.807) is 23.0 Å². The van der Waals surface area contributed by atoms with Crippen molar-refractivity contribution < 1.29 is 19.2 Å². The summed E-state index contributed by atoms with van der Waals surface area (Å²) in [5, 5.41) is 14.1. The number of halogens is 1. The van der Waals surface area contributed by atoms with Crippen LogP contribution in [0, 0.1) is 0 Å². The van der Waals surface area contributed by atoms with E-state index in [0.29, 0.717) is 23.5 Å². The normalized spacial score (nSPS) is 13.3. The first-order valence-corrected chi connectivity index (χ1v) is 7.69. The summed E-state index contributed by atoms with van der Waals surface area (Å²) in [6, 6.07) is 3.18. The summed E-state index contributed by atoms with van der Waals surface area (Å²) >= 11 is 6.11. The Hall–Kier alpha value is -1.83. The van der Waals surface area contributed by atoms with Gasteiger partial charge in [-0.05, 0) is 41.6 Å². The second kappa shape index (κ2) is 6.74. The minimum atomic E-state index is -1.01. The lowest BCUT2D eigenvalue weighted by atomic mass is 9.79. The Kier molecular flexibility index (Phi) is 4.70. The van der Waals surface area contributed by atoms with E-state index in [0.717, 1.165) is 17.5 Å². The third kappa shape index (κ3) is 3.58. The number of fused-ring (bicyclic) bond motifs is 1. The lowest BCUT2D eigenvalue weighted by Crippen LogP contribution is -2.29. The third-order valence-electron chi connectivity index (χ3n) is 3.71. The third-order valence-corrected chi connectivity index (χ3v) is 4.03. The zero-order chi connectivity index (χ0) is 16.4. The highest BCUT2D eigenvalue weighted by molar-refractivity contribution is 6.61. The highest BCUT2D eigenvalue weighted by Crippen LogP contribution is 2.21. The molecule has 23 heavy (non-hydrogen) atoms. The van der Waals surface area contributed by atoms with Crippen LogP contribution in [-0.4, -0.2) is 34.5 Å². The van der Waals surface area contributed by atoms with E-state index < -0.39 is 13.1 Å². The van der Waals surface area contributed by atoms with Gasteiger partial charge in [0.05, 0.1) is 30.0 Å². The Labute approximate surface area is 139 Å². The fourth-order valence-electron chi connectivity index (χ4n) is 2.52. The van der Waals surface area contributed by atoms with Gasteiger partial charge in [-0.1, -0.05) is 11.6 Å². The molecule has 1 N–H and O–H groups in total. The average molecular weight is 335 g/mol. The van der Waals surface area contributed by atoms with Gasteiger partial charge in [0.25, 0.3) is 0 Å². The van der Waals surface area contributed by atoms with Gasteiger partial charge in [0.1, 0.15) is 0 Å². The van der Waals surface area contributed by atoms with Gasteiger partial charge in [0.2, 0.25) is 0 Å². The lowest BCUT2D eigenvalue weighted by molar-refractivity contribution is 0.0501. The summed E-state index contributed by atoms with van der Waals surface area (Å²) in [6.45, 7) is 0.580. The van der Waals surface area contributed by atoms with Crippen LogP contribution in [0.4, 0.5) is 0 Å². The van der Waals surface area contributed by atoms with E-state index in [-0.39, 0.29) is 12.2 Å². The SMILES string of the molecule is Cn1cc(CCCOC(=O)c2cc3c(cc2Cl)COB3O)cn1. The molecule has 0 amide bonds. The summed E-state index contributed by atoms with van der Waals surface area (Å²) in [4.78, 5) is 12.1. The molecule has 0 radical (unpaired) electrons. The standard InChI is InChI=1S/C15H16BClN2O4/c1-19-8-10(7-18-19)3-2-4-22-15(20)12-6-13-11(5-14(12)17)9-23-16(13)21/h5-8,21H,2-4,9H2,1H3. The van der Waals surface area contributed by atoms with Crippen molar-refractivity contribution in [2.75, 3.05) is 6.61 Å². The molecule has 0 saturated heterocycles. The Morgan fingerprint density at radius 2 is 2.39 bits per heavy atom.